The Morgan fingerprint density at radius 2 is 1.91 bits per heavy atom. The van der Waals surface area contributed by atoms with Gasteiger partial charge in [-0.25, -0.2) is 0 Å². The van der Waals surface area contributed by atoms with Gasteiger partial charge < -0.3 is 25.4 Å². The highest BCUT2D eigenvalue weighted by Crippen LogP contribution is 2.28. The summed E-state index contributed by atoms with van der Waals surface area (Å²) in [5.41, 5.74) is 1.20. The number of carbonyl (C=O) groups is 2. The van der Waals surface area contributed by atoms with E-state index in [1.807, 2.05) is 18.2 Å². The summed E-state index contributed by atoms with van der Waals surface area (Å²) in [5.74, 6) is -0.00300. The quantitative estimate of drug-likeness (QED) is 0.422. The molecule has 0 saturated carbocycles. The summed E-state index contributed by atoms with van der Waals surface area (Å²) in [6, 6.07) is 4.00. The molecule has 33 heavy (non-hydrogen) atoms. The summed E-state index contributed by atoms with van der Waals surface area (Å²) < 4.78 is 5.14. The van der Waals surface area contributed by atoms with E-state index in [4.69, 9.17) is 4.52 Å². The van der Waals surface area contributed by atoms with Crippen LogP contribution in [0.25, 0.3) is 11.4 Å². The van der Waals surface area contributed by atoms with Crippen molar-refractivity contribution in [2.75, 3.05) is 13.1 Å². The number of rotatable bonds is 9. The molecule has 0 bridgehead atoms. The topological polar surface area (TPSA) is 162 Å². The van der Waals surface area contributed by atoms with Gasteiger partial charge in [0.1, 0.15) is 11.5 Å². The molecule has 1 atom stereocenters. The Bertz CT molecular complexity index is 1160. The fraction of sp³-hybridized carbons (Fsp3) is 0.273. The fourth-order valence-electron chi connectivity index (χ4n) is 3.37. The smallest absolute Gasteiger partial charge is 0.276 e. The molecular weight excluding hydrogens is 428 g/mol. The molecule has 4 N–H and O–H groups in total. The largest absolute Gasteiger partial charge is 0.508 e. The number of aromatic nitrogens is 2. The summed E-state index contributed by atoms with van der Waals surface area (Å²) in [4.78, 5) is 28.1. The zero-order chi connectivity index (χ0) is 23.2. The van der Waals surface area contributed by atoms with E-state index in [0.29, 0.717) is 30.9 Å². The van der Waals surface area contributed by atoms with E-state index in [-0.39, 0.29) is 47.9 Å². The third-order valence-electron chi connectivity index (χ3n) is 4.98. The number of benzene rings is 1. The summed E-state index contributed by atoms with van der Waals surface area (Å²) in [6.07, 6.45) is 8.38. The van der Waals surface area contributed by atoms with Crippen molar-refractivity contribution >= 4 is 11.8 Å². The van der Waals surface area contributed by atoms with Crippen molar-refractivity contribution in [2.45, 2.75) is 19.3 Å². The van der Waals surface area contributed by atoms with Gasteiger partial charge >= 0.3 is 0 Å². The van der Waals surface area contributed by atoms with Crippen LogP contribution in [-0.2, 0) is 16.0 Å². The number of azo groups is 1. The van der Waals surface area contributed by atoms with Gasteiger partial charge in [0.15, 0.2) is 5.82 Å². The van der Waals surface area contributed by atoms with Crippen LogP contribution in [-0.4, -0.2) is 45.3 Å². The van der Waals surface area contributed by atoms with Gasteiger partial charge in [-0.05, 0) is 18.6 Å². The lowest BCUT2D eigenvalue weighted by atomic mass is 9.93. The molecule has 0 radical (unpaired) electrons. The number of fused-ring (bicyclic) bond motifs is 1. The van der Waals surface area contributed by atoms with Gasteiger partial charge in [0.2, 0.25) is 17.6 Å². The standard InChI is InChI=1S/C22H22N6O5/c29-14-10-13(11-15(30)12-14)20-25-19(33-28-20)7-6-18(31)23-8-3-9-24-21-16-4-1-2-5-17(16)22(32)27-26-21/h1-2,4-5,10-12,17,24,29-30H,3,6-9H2,(H,23,31). The molecule has 0 saturated heterocycles. The minimum atomic E-state index is -0.391. The number of aromatic hydroxyl groups is 2. The number of nitrogens with one attached hydrogen (secondary N) is 2. The monoisotopic (exact) mass is 450 g/mol. The first-order chi connectivity index (χ1) is 16.0. The van der Waals surface area contributed by atoms with Gasteiger partial charge in [-0.3, -0.25) is 9.59 Å². The van der Waals surface area contributed by atoms with Crippen LogP contribution in [0.5, 0.6) is 11.5 Å². The second-order valence-corrected chi connectivity index (χ2v) is 7.44. The first-order valence-corrected chi connectivity index (χ1v) is 10.4. The number of nitrogens with zero attached hydrogens (tertiary/aromatic N) is 4. The maximum Gasteiger partial charge on any atom is 0.276 e. The van der Waals surface area contributed by atoms with Crippen LogP contribution >= 0.6 is 0 Å². The number of aryl methyl sites for hydroxylation is 1. The lowest BCUT2D eigenvalue weighted by Gasteiger charge is -2.20. The zero-order valence-electron chi connectivity index (χ0n) is 17.6. The van der Waals surface area contributed by atoms with Gasteiger partial charge in [-0.1, -0.05) is 29.5 Å². The highest BCUT2D eigenvalue weighted by Gasteiger charge is 2.26. The van der Waals surface area contributed by atoms with Crippen LogP contribution in [0.15, 0.2) is 68.6 Å². The maximum absolute atomic E-state index is 12.1. The highest BCUT2D eigenvalue weighted by atomic mass is 16.5. The van der Waals surface area contributed by atoms with E-state index in [0.717, 1.165) is 5.57 Å². The number of phenolic OH excluding ortho intramolecular Hbond substituents is 2. The van der Waals surface area contributed by atoms with Crippen molar-refractivity contribution in [1.82, 2.24) is 20.8 Å². The third-order valence-corrected chi connectivity index (χ3v) is 4.98. The summed E-state index contributed by atoms with van der Waals surface area (Å²) >= 11 is 0. The predicted molar refractivity (Wildman–Crippen MR) is 116 cm³/mol. The van der Waals surface area contributed by atoms with Crippen LogP contribution < -0.4 is 10.6 Å². The van der Waals surface area contributed by atoms with Crippen molar-refractivity contribution in [3.63, 3.8) is 0 Å². The van der Waals surface area contributed by atoms with Gasteiger partial charge in [0, 0.05) is 43.1 Å². The lowest BCUT2D eigenvalue weighted by molar-refractivity contribution is -0.121. The van der Waals surface area contributed by atoms with E-state index in [1.165, 1.54) is 18.2 Å². The van der Waals surface area contributed by atoms with E-state index in [2.05, 4.69) is 31.0 Å². The fourth-order valence-corrected chi connectivity index (χ4v) is 3.37. The number of amides is 2. The Hall–Kier alpha value is -4.28. The Labute approximate surface area is 188 Å². The highest BCUT2D eigenvalue weighted by molar-refractivity contribution is 5.86. The average Bonchev–Trinajstić information content (AvgIpc) is 3.28. The second kappa shape index (κ2) is 9.90. The molecule has 1 unspecified atom stereocenters. The molecule has 1 aromatic carbocycles. The second-order valence-electron chi connectivity index (χ2n) is 7.44. The van der Waals surface area contributed by atoms with E-state index in [9.17, 15) is 19.8 Å². The van der Waals surface area contributed by atoms with Gasteiger partial charge in [-0.15, -0.1) is 10.2 Å². The molecule has 2 heterocycles. The van der Waals surface area contributed by atoms with Gasteiger partial charge in [0.05, 0.1) is 5.92 Å². The van der Waals surface area contributed by atoms with Gasteiger partial charge in [-0.2, -0.15) is 4.98 Å². The van der Waals surface area contributed by atoms with Crippen molar-refractivity contribution < 1.29 is 24.3 Å². The number of carbonyl (C=O) groups excluding carboxylic acids is 2. The van der Waals surface area contributed by atoms with Crippen molar-refractivity contribution in [1.29, 1.82) is 0 Å². The number of hydrogen-bond acceptors (Lipinski definition) is 9. The predicted octanol–water partition coefficient (Wildman–Crippen LogP) is 2.12. The summed E-state index contributed by atoms with van der Waals surface area (Å²) in [6.45, 7) is 1.02. The third kappa shape index (κ3) is 5.50. The van der Waals surface area contributed by atoms with E-state index < -0.39 is 5.92 Å². The first kappa shape index (κ1) is 21.9. The SMILES string of the molecule is O=C(CCc1nc(-c2cc(O)cc(O)c2)no1)NCCCNC1=C2C=CC=CC2C(=O)N=N1. The van der Waals surface area contributed by atoms with Crippen LogP contribution in [0.4, 0.5) is 0 Å². The maximum atomic E-state index is 12.1. The Morgan fingerprint density at radius 1 is 1.09 bits per heavy atom. The Balaban J connectivity index is 1.18. The normalized spacial score (nSPS) is 16.7. The van der Waals surface area contributed by atoms with E-state index in [1.54, 1.807) is 6.08 Å². The van der Waals surface area contributed by atoms with Crippen molar-refractivity contribution in [3.8, 4) is 22.9 Å². The first-order valence-electron chi connectivity index (χ1n) is 10.4. The molecule has 1 aliphatic carbocycles. The molecule has 4 rings (SSSR count). The van der Waals surface area contributed by atoms with Crippen LogP contribution in [0, 0.1) is 5.92 Å². The molecule has 1 aromatic heterocycles. The average molecular weight is 450 g/mol. The number of allylic oxidation sites excluding steroid dienone is 3. The molecule has 2 aromatic rings. The van der Waals surface area contributed by atoms with Crippen molar-refractivity contribution in [3.05, 3.63) is 59.8 Å². The molecule has 0 spiro atoms. The molecule has 0 fully saturated rings. The number of phenols is 2. The summed E-state index contributed by atoms with van der Waals surface area (Å²) in [7, 11) is 0. The minimum Gasteiger partial charge on any atom is -0.508 e. The van der Waals surface area contributed by atoms with Crippen LogP contribution in [0.2, 0.25) is 0 Å². The molecule has 11 heteroatoms. The minimum absolute atomic E-state index is 0.117. The molecule has 170 valence electrons. The molecule has 2 amide bonds. The molecule has 1 aliphatic heterocycles. The Kier molecular flexibility index (Phi) is 6.58. The Morgan fingerprint density at radius 3 is 2.73 bits per heavy atom. The van der Waals surface area contributed by atoms with Crippen molar-refractivity contribution in [2.24, 2.45) is 16.1 Å². The zero-order valence-corrected chi connectivity index (χ0v) is 17.6. The molecule has 2 aliphatic rings. The molecule has 11 nitrogen and oxygen atoms in total. The summed E-state index contributed by atoms with van der Waals surface area (Å²) in [5, 5.41) is 36.5. The lowest BCUT2D eigenvalue weighted by Crippen LogP contribution is -2.28. The molecular formula is C22H22N6O5. The van der Waals surface area contributed by atoms with Crippen LogP contribution in [0.1, 0.15) is 18.7 Å². The van der Waals surface area contributed by atoms with E-state index >= 15 is 0 Å². The van der Waals surface area contributed by atoms with Gasteiger partial charge in [0.25, 0.3) is 5.91 Å². The van der Waals surface area contributed by atoms with Crippen LogP contribution in [0.3, 0.4) is 0 Å². The number of hydrogen-bond donors (Lipinski definition) is 4.